The monoisotopic (exact) mass is 842 g/mol. The van der Waals surface area contributed by atoms with Crippen LogP contribution >= 0.6 is 0 Å². The lowest BCUT2D eigenvalue weighted by atomic mass is 9.95. The lowest BCUT2D eigenvalue weighted by Crippen LogP contribution is -2.30. The zero-order valence-electron chi connectivity index (χ0n) is 39.6. The molecule has 0 fully saturated rings. The van der Waals surface area contributed by atoms with E-state index in [2.05, 4.69) is 32.6 Å². The van der Waals surface area contributed by atoms with Gasteiger partial charge in [-0.2, -0.15) is 0 Å². The standard InChI is InChI=1S/C50H99NO8/c1-5-9-13-17-19-27-35-47(33-25-15-11-7-3)45-58-49(53)56-41-31-23-21-29-37-51(39-43-55-44-40-52)38-30-22-24-32-42-57-50(54)59-46-48(34-26-16-12-8-4)36-28-20-18-14-10-6-2/h47-48,52H,5-46H2,1-4H3. The number of carbonyl (C=O) groups is 2. The van der Waals surface area contributed by atoms with Crippen molar-refractivity contribution in [3.8, 4) is 0 Å². The molecule has 0 aromatic rings. The van der Waals surface area contributed by atoms with Crippen LogP contribution in [0.1, 0.15) is 233 Å². The topological polar surface area (TPSA) is 104 Å². The van der Waals surface area contributed by atoms with Gasteiger partial charge in [0.05, 0.1) is 46.2 Å². The van der Waals surface area contributed by atoms with E-state index in [-0.39, 0.29) is 6.61 Å². The van der Waals surface area contributed by atoms with Gasteiger partial charge in [-0.25, -0.2) is 9.59 Å². The largest absolute Gasteiger partial charge is 0.508 e. The van der Waals surface area contributed by atoms with Crippen LogP contribution in [-0.2, 0) is 23.7 Å². The molecule has 2 unspecified atom stereocenters. The van der Waals surface area contributed by atoms with E-state index in [0.717, 1.165) is 96.7 Å². The highest BCUT2D eigenvalue weighted by molar-refractivity contribution is 5.60. The Balaban J connectivity index is 4.28. The summed E-state index contributed by atoms with van der Waals surface area (Å²) in [5.41, 5.74) is 0. The maximum absolute atomic E-state index is 12.4. The third kappa shape index (κ3) is 42.9. The van der Waals surface area contributed by atoms with Gasteiger partial charge >= 0.3 is 12.3 Å². The van der Waals surface area contributed by atoms with Crippen LogP contribution in [0.3, 0.4) is 0 Å². The van der Waals surface area contributed by atoms with E-state index in [1.165, 1.54) is 128 Å². The second-order valence-electron chi connectivity index (χ2n) is 17.4. The number of aliphatic hydroxyl groups is 1. The number of hydrogen-bond acceptors (Lipinski definition) is 9. The van der Waals surface area contributed by atoms with Crippen LogP contribution in [0.2, 0.25) is 0 Å². The van der Waals surface area contributed by atoms with E-state index >= 15 is 0 Å². The first-order chi connectivity index (χ1) is 29.0. The zero-order valence-corrected chi connectivity index (χ0v) is 39.6. The van der Waals surface area contributed by atoms with Crippen molar-refractivity contribution in [1.82, 2.24) is 4.90 Å². The Morgan fingerprint density at radius 2 is 0.729 bits per heavy atom. The minimum Gasteiger partial charge on any atom is -0.434 e. The van der Waals surface area contributed by atoms with E-state index in [1.807, 2.05) is 0 Å². The summed E-state index contributed by atoms with van der Waals surface area (Å²) < 4.78 is 27.6. The first-order valence-electron chi connectivity index (χ1n) is 25.5. The number of hydrogen-bond donors (Lipinski definition) is 1. The van der Waals surface area contributed by atoms with Gasteiger partial charge < -0.3 is 33.7 Å². The molecule has 0 aliphatic carbocycles. The average Bonchev–Trinajstić information content (AvgIpc) is 3.24. The van der Waals surface area contributed by atoms with Crippen molar-refractivity contribution in [2.45, 2.75) is 233 Å². The van der Waals surface area contributed by atoms with Crippen LogP contribution in [-0.4, -0.2) is 88.2 Å². The summed E-state index contributed by atoms with van der Waals surface area (Å²) >= 11 is 0. The van der Waals surface area contributed by atoms with Gasteiger partial charge in [0.15, 0.2) is 0 Å². The van der Waals surface area contributed by atoms with Gasteiger partial charge in [0.25, 0.3) is 0 Å². The van der Waals surface area contributed by atoms with Gasteiger partial charge in [-0.1, -0.05) is 182 Å². The first kappa shape index (κ1) is 57.4. The minimum atomic E-state index is -0.511. The summed E-state index contributed by atoms with van der Waals surface area (Å²) in [5, 5.41) is 9.10. The van der Waals surface area contributed by atoms with Crippen LogP contribution in [0.5, 0.6) is 0 Å². The summed E-state index contributed by atoms with van der Waals surface area (Å²) in [6.07, 6.45) is 37.1. The number of nitrogens with zero attached hydrogens (tertiary/aromatic N) is 1. The van der Waals surface area contributed by atoms with Crippen LogP contribution in [0.4, 0.5) is 9.59 Å². The Morgan fingerprint density at radius 1 is 0.390 bits per heavy atom. The van der Waals surface area contributed by atoms with Gasteiger partial charge in [0.1, 0.15) is 0 Å². The first-order valence-corrected chi connectivity index (χ1v) is 25.5. The molecule has 0 aliphatic rings. The van der Waals surface area contributed by atoms with E-state index < -0.39 is 12.3 Å². The molecule has 0 rings (SSSR count). The lowest BCUT2D eigenvalue weighted by molar-refractivity contribution is 0.0398. The van der Waals surface area contributed by atoms with Crippen molar-refractivity contribution in [2.24, 2.45) is 11.8 Å². The predicted octanol–water partition coefficient (Wildman–Crippen LogP) is 14.4. The van der Waals surface area contributed by atoms with Gasteiger partial charge in [-0.05, 0) is 76.3 Å². The molecule has 0 radical (unpaired) electrons. The van der Waals surface area contributed by atoms with Crippen LogP contribution in [0, 0.1) is 11.8 Å². The SMILES string of the molecule is CCCCCCCCC(CCCCCC)COC(=O)OCCCCCCN(CCCCCCOC(=O)OCC(CCCCCC)CCCCCCCC)CCOCCO. The Hall–Kier alpha value is -1.58. The highest BCUT2D eigenvalue weighted by Crippen LogP contribution is 2.21. The number of unbranched alkanes of at least 4 members (excludes halogenated alkanes) is 22. The minimum absolute atomic E-state index is 0.0445. The number of ether oxygens (including phenoxy) is 5. The fraction of sp³-hybridized carbons (Fsp3) is 0.960. The molecule has 0 amide bonds. The smallest absolute Gasteiger partial charge is 0.434 e. The second-order valence-corrected chi connectivity index (χ2v) is 17.4. The fourth-order valence-corrected chi connectivity index (χ4v) is 7.81. The Labute approximate surface area is 365 Å². The van der Waals surface area contributed by atoms with Crippen molar-refractivity contribution in [1.29, 1.82) is 0 Å². The third-order valence-corrected chi connectivity index (χ3v) is 11.7. The lowest BCUT2D eigenvalue weighted by Gasteiger charge is -2.22. The third-order valence-electron chi connectivity index (χ3n) is 11.7. The Bertz CT molecular complexity index is 799. The molecule has 352 valence electrons. The maximum atomic E-state index is 12.4. The van der Waals surface area contributed by atoms with Crippen molar-refractivity contribution in [2.75, 3.05) is 65.9 Å². The van der Waals surface area contributed by atoms with Crippen LogP contribution < -0.4 is 0 Å². The molecule has 0 spiro atoms. The molecule has 0 saturated heterocycles. The molecule has 1 N–H and O–H groups in total. The van der Waals surface area contributed by atoms with Gasteiger partial charge in [-0.3, -0.25) is 0 Å². The molecule has 0 heterocycles. The molecule has 0 bridgehead atoms. The predicted molar refractivity (Wildman–Crippen MR) is 246 cm³/mol. The summed E-state index contributed by atoms with van der Waals surface area (Å²) in [5.74, 6) is 0.888. The highest BCUT2D eigenvalue weighted by Gasteiger charge is 2.15. The summed E-state index contributed by atoms with van der Waals surface area (Å²) in [6.45, 7) is 14.7. The molecular formula is C50H99NO8. The van der Waals surface area contributed by atoms with Crippen LogP contribution in [0.15, 0.2) is 0 Å². The number of rotatable bonds is 47. The second kappa shape index (κ2) is 47.5. The van der Waals surface area contributed by atoms with Crippen LogP contribution in [0.25, 0.3) is 0 Å². The van der Waals surface area contributed by atoms with Crippen molar-refractivity contribution in [3.05, 3.63) is 0 Å². The fourth-order valence-electron chi connectivity index (χ4n) is 7.81. The number of aliphatic hydroxyl groups excluding tert-OH is 1. The normalized spacial score (nSPS) is 12.5. The molecule has 59 heavy (non-hydrogen) atoms. The molecule has 0 saturated carbocycles. The molecule has 2 atom stereocenters. The maximum Gasteiger partial charge on any atom is 0.508 e. The van der Waals surface area contributed by atoms with Crippen molar-refractivity contribution < 1.29 is 38.4 Å². The van der Waals surface area contributed by atoms with Gasteiger partial charge in [-0.15, -0.1) is 0 Å². The number of carbonyl (C=O) groups excluding carboxylic acids is 2. The van der Waals surface area contributed by atoms with E-state index in [0.29, 0.717) is 51.5 Å². The van der Waals surface area contributed by atoms with E-state index in [1.54, 1.807) is 0 Å². The molecule has 0 aliphatic heterocycles. The van der Waals surface area contributed by atoms with E-state index in [4.69, 9.17) is 28.8 Å². The van der Waals surface area contributed by atoms with Gasteiger partial charge in [0, 0.05) is 6.54 Å². The van der Waals surface area contributed by atoms with Gasteiger partial charge in [0.2, 0.25) is 0 Å². The van der Waals surface area contributed by atoms with Crippen molar-refractivity contribution in [3.63, 3.8) is 0 Å². The molecule has 0 aromatic carbocycles. The Morgan fingerprint density at radius 3 is 1.12 bits per heavy atom. The zero-order chi connectivity index (χ0) is 43.1. The van der Waals surface area contributed by atoms with Crippen molar-refractivity contribution >= 4 is 12.3 Å². The molecule has 9 nitrogen and oxygen atoms in total. The highest BCUT2D eigenvalue weighted by atomic mass is 16.7. The molecule has 9 heteroatoms. The quantitative estimate of drug-likeness (QED) is 0.0474. The van der Waals surface area contributed by atoms with E-state index in [9.17, 15) is 9.59 Å². The molecular weight excluding hydrogens is 743 g/mol. The summed E-state index contributed by atoms with van der Waals surface area (Å²) in [7, 11) is 0. The summed E-state index contributed by atoms with van der Waals surface area (Å²) in [6, 6.07) is 0. The molecule has 0 aromatic heterocycles. The average molecular weight is 842 g/mol. The summed E-state index contributed by atoms with van der Waals surface area (Å²) in [4.78, 5) is 27.2. The Kier molecular flexibility index (Phi) is 46.2.